The van der Waals surface area contributed by atoms with E-state index in [0.717, 1.165) is 12.2 Å². The molecule has 3 rings (SSSR count). The summed E-state index contributed by atoms with van der Waals surface area (Å²) in [6, 6.07) is 0. The van der Waals surface area contributed by atoms with Gasteiger partial charge in [0.2, 0.25) is 0 Å². The van der Waals surface area contributed by atoms with Crippen LogP contribution >= 0.6 is 27.5 Å². The number of imidazole rings is 1. The highest BCUT2D eigenvalue weighted by Gasteiger charge is 2.30. The Balaban J connectivity index is 2.03. The van der Waals surface area contributed by atoms with Crippen molar-refractivity contribution >= 4 is 39.1 Å². The van der Waals surface area contributed by atoms with Crippen LogP contribution in [0.25, 0.3) is 5.52 Å². The Kier molecular flexibility index (Phi) is 3.10. The van der Waals surface area contributed by atoms with Crippen LogP contribution in [0.3, 0.4) is 0 Å². The SMILES string of the molecule is O=C(O)N1CCC(c2nc(Br)c3c(Cl)nccn23)C1. The zero-order chi connectivity index (χ0) is 13.6. The van der Waals surface area contributed by atoms with E-state index in [1.807, 2.05) is 4.40 Å². The Labute approximate surface area is 122 Å². The van der Waals surface area contributed by atoms with Gasteiger partial charge >= 0.3 is 6.09 Å². The van der Waals surface area contributed by atoms with Gasteiger partial charge in [-0.3, -0.25) is 4.40 Å². The molecule has 1 fully saturated rings. The number of rotatable bonds is 1. The first-order valence-electron chi connectivity index (χ1n) is 5.73. The third kappa shape index (κ3) is 2.06. The Morgan fingerprint density at radius 2 is 2.37 bits per heavy atom. The second-order valence-electron chi connectivity index (χ2n) is 4.41. The van der Waals surface area contributed by atoms with Crippen molar-refractivity contribution in [3.05, 3.63) is 28.0 Å². The number of amides is 1. The van der Waals surface area contributed by atoms with Crippen molar-refractivity contribution in [2.45, 2.75) is 12.3 Å². The molecular weight excluding hydrogens is 336 g/mol. The van der Waals surface area contributed by atoms with E-state index in [-0.39, 0.29) is 5.92 Å². The van der Waals surface area contributed by atoms with E-state index in [9.17, 15) is 4.79 Å². The van der Waals surface area contributed by atoms with Crippen molar-refractivity contribution in [1.82, 2.24) is 19.3 Å². The maximum Gasteiger partial charge on any atom is 0.407 e. The lowest BCUT2D eigenvalue weighted by molar-refractivity contribution is 0.155. The van der Waals surface area contributed by atoms with Crippen LogP contribution in [0.15, 0.2) is 17.0 Å². The van der Waals surface area contributed by atoms with Gasteiger partial charge in [-0.1, -0.05) is 11.6 Å². The normalized spacial score (nSPS) is 19.3. The lowest BCUT2D eigenvalue weighted by atomic mass is 10.1. The van der Waals surface area contributed by atoms with Crippen LogP contribution in [0.5, 0.6) is 0 Å². The number of aromatic nitrogens is 3. The summed E-state index contributed by atoms with van der Waals surface area (Å²) in [5, 5.41) is 9.37. The summed E-state index contributed by atoms with van der Waals surface area (Å²) >= 11 is 9.43. The van der Waals surface area contributed by atoms with Gasteiger partial charge in [-0.2, -0.15) is 0 Å². The third-order valence-corrected chi connectivity index (χ3v) is 4.15. The Morgan fingerprint density at radius 3 is 3.05 bits per heavy atom. The largest absolute Gasteiger partial charge is 0.465 e. The van der Waals surface area contributed by atoms with E-state index in [1.54, 1.807) is 12.4 Å². The van der Waals surface area contributed by atoms with Gasteiger partial charge in [0.25, 0.3) is 0 Å². The summed E-state index contributed by atoms with van der Waals surface area (Å²) < 4.78 is 2.50. The van der Waals surface area contributed by atoms with E-state index in [1.165, 1.54) is 4.90 Å². The summed E-state index contributed by atoms with van der Waals surface area (Å²) in [4.78, 5) is 20.8. The lowest BCUT2D eigenvalue weighted by Crippen LogP contribution is -2.26. The Morgan fingerprint density at radius 1 is 1.58 bits per heavy atom. The minimum Gasteiger partial charge on any atom is -0.465 e. The van der Waals surface area contributed by atoms with Crippen LogP contribution in [0.4, 0.5) is 4.79 Å². The summed E-state index contributed by atoms with van der Waals surface area (Å²) in [5.41, 5.74) is 0.716. The van der Waals surface area contributed by atoms with Gasteiger partial charge in [0.05, 0.1) is 0 Å². The standard InChI is InChI=1S/C11H10BrClN4O2/c12-8-7-9(13)14-2-4-17(7)10(15-8)6-1-3-16(5-6)11(18)19/h2,4,6H,1,3,5H2,(H,18,19). The van der Waals surface area contributed by atoms with Crippen molar-refractivity contribution in [1.29, 1.82) is 0 Å². The molecule has 1 N–H and O–H groups in total. The molecule has 1 aliphatic heterocycles. The molecule has 1 aliphatic rings. The maximum atomic E-state index is 11.0. The van der Waals surface area contributed by atoms with E-state index in [0.29, 0.717) is 28.4 Å². The monoisotopic (exact) mass is 344 g/mol. The minimum absolute atomic E-state index is 0.0772. The smallest absolute Gasteiger partial charge is 0.407 e. The van der Waals surface area contributed by atoms with Gasteiger partial charge in [0.15, 0.2) is 5.15 Å². The molecule has 8 heteroatoms. The van der Waals surface area contributed by atoms with Crippen molar-refractivity contribution in [3.63, 3.8) is 0 Å². The highest BCUT2D eigenvalue weighted by atomic mass is 79.9. The van der Waals surface area contributed by atoms with Crippen LogP contribution in [-0.2, 0) is 0 Å². The average Bonchev–Trinajstić information content (AvgIpc) is 2.95. The highest BCUT2D eigenvalue weighted by Crippen LogP contribution is 2.32. The van der Waals surface area contributed by atoms with Crippen molar-refractivity contribution < 1.29 is 9.90 Å². The molecule has 0 spiro atoms. The molecule has 2 aromatic rings. The zero-order valence-corrected chi connectivity index (χ0v) is 12.1. The number of hydrogen-bond acceptors (Lipinski definition) is 3. The first kappa shape index (κ1) is 12.7. The predicted molar refractivity (Wildman–Crippen MR) is 72.7 cm³/mol. The summed E-state index contributed by atoms with van der Waals surface area (Å²) in [5.74, 6) is 0.892. The summed E-state index contributed by atoms with van der Waals surface area (Å²) in [6.45, 7) is 0.992. The van der Waals surface area contributed by atoms with Crippen molar-refractivity contribution in [2.24, 2.45) is 0 Å². The molecule has 3 heterocycles. The number of carboxylic acid groups (broad SMARTS) is 1. The molecule has 19 heavy (non-hydrogen) atoms. The number of halogens is 2. The van der Waals surface area contributed by atoms with E-state index in [2.05, 4.69) is 25.9 Å². The molecule has 0 radical (unpaired) electrons. The van der Waals surface area contributed by atoms with Gasteiger partial charge in [-0.05, 0) is 22.4 Å². The number of nitrogens with zero attached hydrogens (tertiary/aromatic N) is 4. The molecular formula is C11H10BrClN4O2. The molecule has 100 valence electrons. The maximum absolute atomic E-state index is 11.0. The lowest BCUT2D eigenvalue weighted by Gasteiger charge is -2.11. The van der Waals surface area contributed by atoms with E-state index >= 15 is 0 Å². The molecule has 6 nitrogen and oxygen atoms in total. The van der Waals surface area contributed by atoms with Gasteiger partial charge in [0, 0.05) is 31.4 Å². The van der Waals surface area contributed by atoms with E-state index < -0.39 is 6.09 Å². The predicted octanol–water partition coefficient (Wildman–Crippen LogP) is 2.61. The number of carbonyl (C=O) groups is 1. The molecule has 1 atom stereocenters. The average molecular weight is 346 g/mol. The van der Waals surface area contributed by atoms with Crippen LogP contribution < -0.4 is 0 Å². The molecule has 1 unspecified atom stereocenters. The van der Waals surface area contributed by atoms with Crippen LogP contribution in [0, 0.1) is 0 Å². The second-order valence-corrected chi connectivity index (χ2v) is 5.52. The number of fused-ring (bicyclic) bond motifs is 1. The van der Waals surface area contributed by atoms with Gasteiger partial charge < -0.3 is 10.0 Å². The molecule has 0 saturated carbocycles. The van der Waals surface area contributed by atoms with Crippen molar-refractivity contribution in [2.75, 3.05) is 13.1 Å². The van der Waals surface area contributed by atoms with E-state index in [4.69, 9.17) is 16.7 Å². The van der Waals surface area contributed by atoms with Gasteiger partial charge in [0.1, 0.15) is 15.9 Å². The fourth-order valence-corrected chi connectivity index (χ4v) is 3.33. The molecule has 1 saturated heterocycles. The molecule has 0 aromatic carbocycles. The van der Waals surface area contributed by atoms with Crippen LogP contribution in [0.2, 0.25) is 5.15 Å². The summed E-state index contributed by atoms with van der Waals surface area (Å²) in [7, 11) is 0. The molecule has 2 aromatic heterocycles. The van der Waals surface area contributed by atoms with Crippen LogP contribution in [0.1, 0.15) is 18.2 Å². The topological polar surface area (TPSA) is 70.7 Å². The third-order valence-electron chi connectivity index (χ3n) is 3.32. The molecule has 1 amide bonds. The first-order valence-corrected chi connectivity index (χ1v) is 6.91. The Bertz CT molecular complexity index is 659. The number of hydrogen-bond donors (Lipinski definition) is 1. The summed E-state index contributed by atoms with van der Waals surface area (Å²) in [6.07, 6.45) is 3.27. The fourth-order valence-electron chi connectivity index (χ4n) is 2.42. The first-order chi connectivity index (χ1) is 9.08. The molecule has 0 bridgehead atoms. The van der Waals surface area contributed by atoms with Gasteiger partial charge in [-0.15, -0.1) is 0 Å². The highest BCUT2D eigenvalue weighted by molar-refractivity contribution is 9.10. The second kappa shape index (κ2) is 4.64. The van der Waals surface area contributed by atoms with Gasteiger partial charge in [-0.25, -0.2) is 14.8 Å². The quantitative estimate of drug-likeness (QED) is 0.862. The Hall–Kier alpha value is -1.34. The van der Waals surface area contributed by atoms with Crippen LogP contribution in [-0.4, -0.2) is 43.6 Å². The number of likely N-dealkylation sites (tertiary alicyclic amines) is 1. The zero-order valence-electron chi connectivity index (χ0n) is 9.75. The fraction of sp³-hybridized carbons (Fsp3) is 0.364. The molecule has 0 aliphatic carbocycles. The van der Waals surface area contributed by atoms with Crippen molar-refractivity contribution in [3.8, 4) is 0 Å². The minimum atomic E-state index is -0.887.